The van der Waals surface area contributed by atoms with E-state index in [9.17, 15) is 14.0 Å². The maximum absolute atomic E-state index is 14.0. The first kappa shape index (κ1) is 20.3. The van der Waals surface area contributed by atoms with Gasteiger partial charge < -0.3 is 15.2 Å². The summed E-state index contributed by atoms with van der Waals surface area (Å²) in [4.78, 5) is 30.4. The number of hydrogen-bond acceptors (Lipinski definition) is 4. The largest absolute Gasteiger partial charge is 0.348 e. The van der Waals surface area contributed by atoms with Gasteiger partial charge >= 0.3 is 5.69 Å². The van der Waals surface area contributed by atoms with E-state index in [0.29, 0.717) is 48.9 Å². The van der Waals surface area contributed by atoms with Gasteiger partial charge in [0.1, 0.15) is 17.3 Å². The molecule has 0 spiro atoms. The van der Waals surface area contributed by atoms with Crippen LogP contribution in [0.25, 0.3) is 10.9 Å². The first-order valence-electron chi connectivity index (χ1n) is 10.2. The summed E-state index contributed by atoms with van der Waals surface area (Å²) in [5.74, 6) is 0.135. The highest BCUT2D eigenvalue weighted by atomic mass is 19.1. The second-order valence-electron chi connectivity index (χ2n) is 8.16. The van der Waals surface area contributed by atoms with Crippen LogP contribution in [0.2, 0.25) is 0 Å². The molecule has 1 unspecified atom stereocenters. The van der Waals surface area contributed by atoms with Crippen LogP contribution in [-0.4, -0.2) is 56.8 Å². The molecule has 160 valence electrons. The smallest absolute Gasteiger partial charge is 0.345 e. The molecule has 1 aliphatic rings. The van der Waals surface area contributed by atoms with Gasteiger partial charge in [0.2, 0.25) is 0 Å². The predicted octanol–water partition coefficient (Wildman–Crippen LogP) is 1.67. The van der Waals surface area contributed by atoms with E-state index in [-0.39, 0.29) is 23.5 Å². The molecule has 3 heterocycles. The molecule has 4 rings (SSSR count). The lowest BCUT2D eigenvalue weighted by Gasteiger charge is -2.16. The molecule has 0 radical (unpaired) electrons. The summed E-state index contributed by atoms with van der Waals surface area (Å²) in [5.41, 5.74) is 1.36. The fourth-order valence-electron chi connectivity index (χ4n) is 4.01. The number of H-pyrrole nitrogens is 1. The monoisotopic (exact) mass is 414 g/mol. The number of carbonyl (C=O) groups is 1. The molecule has 0 fully saturated rings. The van der Waals surface area contributed by atoms with Crippen molar-refractivity contribution in [3.63, 3.8) is 0 Å². The van der Waals surface area contributed by atoms with Crippen molar-refractivity contribution in [1.29, 1.82) is 0 Å². The Morgan fingerprint density at radius 3 is 2.90 bits per heavy atom. The van der Waals surface area contributed by atoms with E-state index in [1.54, 1.807) is 16.7 Å². The van der Waals surface area contributed by atoms with Crippen LogP contribution < -0.4 is 11.0 Å². The molecule has 0 bridgehead atoms. The summed E-state index contributed by atoms with van der Waals surface area (Å²) < 4.78 is 17.3. The van der Waals surface area contributed by atoms with Crippen molar-refractivity contribution < 1.29 is 9.18 Å². The molecule has 0 saturated carbocycles. The average Bonchev–Trinajstić information content (AvgIpc) is 3.12. The van der Waals surface area contributed by atoms with Crippen LogP contribution in [0.4, 0.5) is 4.39 Å². The van der Waals surface area contributed by atoms with Crippen molar-refractivity contribution in [2.45, 2.75) is 45.3 Å². The summed E-state index contributed by atoms with van der Waals surface area (Å²) >= 11 is 0. The van der Waals surface area contributed by atoms with E-state index in [4.69, 9.17) is 0 Å². The molecule has 2 aromatic heterocycles. The third-order valence-corrected chi connectivity index (χ3v) is 5.78. The van der Waals surface area contributed by atoms with Crippen molar-refractivity contribution in [3.8, 4) is 0 Å². The molecule has 8 nitrogen and oxygen atoms in total. The molecule has 9 heteroatoms. The summed E-state index contributed by atoms with van der Waals surface area (Å²) in [6.07, 6.45) is 1.96. The lowest BCUT2D eigenvalue weighted by molar-refractivity contribution is 0.0928. The van der Waals surface area contributed by atoms with Gasteiger partial charge in [0.15, 0.2) is 0 Å². The van der Waals surface area contributed by atoms with Gasteiger partial charge in [-0.25, -0.2) is 13.9 Å². The highest BCUT2D eigenvalue weighted by molar-refractivity contribution is 6.01. The molecule has 1 amide bonds. The number of hydrogen-bond donors (Lipinski definition) is 2. The zero-order valence-electron chi connectivity index (χ0n) is 17.5. The number of carbonyl (C=O) groups excluding carboxylic acids is 1. The Morgan fingerprint density at radius 2 is 2.17 bits per heavy atom. The number of likely N-dealkylation sites (N-methyl/N-ethyl adjacent to an activating group) is 1. The number of nitrogens with zero attached hydrogens (tertiary/aromatic N) is 4. The molecule has 0 saturated heterocycles. The number of aryl methyl sites for hydroxylation is 2. The molecule has 1 atom stereocenters. The van der Waals surface area contributed by atoms with Crippen molar-refractivity contribution in [2.24, 2.45) is 0 Å². The first-order chi connectivity index (χ1) is 14.3. The van der Waals surface area contributed by atoms with E-state index in [2.05, 4.69) is 15.4 Å². The zero-order chi connectivity index (χ0) is 21.4. The molecule has 0 aliphatic carbocycles. The number of amides is 1. The molecule has 2 N–H and O–H groups in total. The predicted molar refractivity (Wildman–Crippen MR) is 112 cm³/mol. The SMILES string of the molecule is Cc1c(C(=O)NC2CCc3nn(CCN(C)C)c(=O)n3CC2)[nH]c2c(F)cccc12. The Labute approximate surface area is 173 Å². The average molecular weight is 414 g/mol. The number of fused-ring (bicyclic) bond motifs is 2. The normalized spacial score (nSPS) is 16.6. The Hall–Kier alpha value is -2.94. The fraction of sp³-hybridized carbons (Fsp3) is 0.476. The standard InChI is InChI=1S/C21H27FN6O2/c1-13-15-5-4-6-16(22)19(15)24-18(13)20(29)23-14-7-8-17-25-28(12-11-26(2)3)21(30)27(17)10-9-14/h4-6,14,24H,7-12H2,1-3H3,(H,23,29). The summed E-state index contributed by atoms with van der Waals surface area (Å²) in [5, 5.41) is 8.24. The minimum Gasteiger partial charge on any atom is -0.348 e. The van der Waals surface area contributed by atoms with Crippen molar-refractivity contribution in [1.82, 2.24) is 29.5 Å². The second-order valence-corrected chi connectivity index (χ2v) is 8.16. The van der Waals surface area contributed by atoms with E-state index >= 15 is 0 Å². The maximum Gasteiger partial charge on any atom is 0.345 e. The molecular weight excluding hydrogens is 387 g/mol. The van der Waals surface area contributed by atoms with E-state index in [1.165, 1.54) is 10.7 Å². The van der Waals surface area contributed by atoms with Crippen molar-refractivity contribution in [3.05, 3.63) is 51.6 Å². The number of aromatic amines is 1. The number of aromatic nitrogens is 4. The van der Waals surface area contributed by atoms with Crippen LogP contribution in [0.1, 0.15) is 34.7 Å². The number of nitrogens with one attached hydrogen (secondary N) is 2. The topological polar surface area (TPSA) is 87.9 Å². The number of para-hydroxylation sites is 1. The third-order valence-electron chi connectivity index (χ3n) is 5.78. The third kappa shape index (κ3) is 3.77. The van der Waals surface area contributed by atoms with E-state index in [1.807, 2.05) is 25.9 Å². The van der Waals surface area contributed by atoms with Gasteiger partial charge in [-0.2, -0.15) is 5.10 Å². The molecule has 1 aromatic carbocycles. The molecule has 3 aromatic rings. The Morgan fingerprint density at radius 1 is 1.37 bits per heavy atom. The van der Waals surface area contributed by atoms with E-state index < -0.39 is 0 Å². The van der Waals surface area contributed by atoms with Crippen molar-refractivity contribution in [2.75, 3.05) is 20.6 Å². The van der Waals surface area contributed by atoms with Crippen LogP contribution in [0.5, 0.6) is 0 Å². The second kappa shape index (κ2) is 8.06. The van der Waals surface area contributed by atoms with Gasteiger partial charge in [-0.1, -0.05) is 12.1 Å². The van der Waals surface area contributed by atoms with Crippen LogP contribution >= 0.6 is 0 Å². The quantitative estimate of drug-likeness (QED) is 0.665. The zero-order valence-corrected chi connectivity index (χ0v) is 17.5. The van der Waals surface area contributed by atoms with Crippen molar-refractivity contribution >= 4 is 16.8 Å². The van der Waals surface area contributed by atoms with Crippen LogP contribution in [0.3, 0.4) is 0 Å². The number of rotatable bonds is 5. The number of benzene rings is 1. The Bertz CT molecular complexity index is 1140. The van der Waals surface area contributed by atoms with Gasteiger partial charge in [0, 0.05) is 30.9 Å². The summed E-state index contributed by atoms with van der Waals surface area (Å²) in [6.45, 7) is 3.63. The summed E-state index contributed by atoms with van der Waals surface area (Å²) in [6, 6.07) is 4.73. The summed E-state index contributed by atoms with van der Waals surface area (Å²) in [7, 11) is 3.92. The molecule has 1 aliphatic heterocycles. The van der Waals surface area contributed by atoms with Crippen LogP contribution in [0, 0.1) is 12.7 Å². The lowest BCUT2D eigenvalue weighted by Crippen LogP contribution is -2.36. The lowest BCUT2D eigenvalue weighted by atomic mass is 10.1. The van der Waals surface area contributed by atoms with Gasteiger partial charge in [-0.3, -0.25) is 9.36 Å². The van der Waals surface area contributed by atoms with Gasteiger partial charge in [-0.15, -0.1) is 0 Å². The van der Waals surface area contributed by atoms with Crippen LogP contribution in [0.15, 0.2) is 23.0 Å². The van der Waals surface area contributed by atoms with Gasteiger partial charge in [-0.05, 0) is 45.5 Å². The first-order valence-corrected chi connectivity index (χ1v) is 10.2. The van der Waals surface area contributed by atoms with E-state index in [0.717, 1.165) is 17.9 Å². The Kier molecular flexibility index (Phi) is 5.46. The highest BCUT2D eigenvalue weighted by Gasteiger charge is 2.24. The maximum atomic E-state index is 14.0. The van der Waals surface area contributed by atoms with Gasteiger partial charge in [0.05, 0.1) is 12.1 Å². The molecule has 30 heavy (non-hydrogen) atoms. The minimum atomic E-state index is -0.375. The fourth-order valence-corrected chi connectivity index (χ4v) is 4.01. The Balaban J connectivity index is 1.46. The highest BCUT2D eigenvalue weighted by Crippen LogP contribution is 2.24. The van der Waals surface area contributed by atoms with Gasteiger partial charge in [0.25, 0.3) is 5.91 Å². The van der Waals surface area contributed by atoms with Crippen LogP contribution in [-0.2, 0) is 19.5 Å². The minimum absolute atomic E-state index is 0.0792. The number of halogens is 1. The molecular formula is C21H27FN6O2.